The molecule has 1 atom stereocenters. The molecule has 0 aliphatic carbocycles. The molecule has 88 valence electrons. The maximum absolute atomic E-state index is 10.9. The summed E-state index contributed by atoms with van der Waals surface area (Å²) in [5.41, 5.74) is 5.66. The smallest absolute Gasteiger partial charge is 0.267 e. The van der Waals surface area contributed by atoms with E-state index >= 15 is 0 Å². The summed E-state index contributed by atoms with van der Waals surface area (Å²) in [6, 6.07) is 3.31. The number of amides is 1. The van der Waals surface area contributed by atoms with Gasteiger partial charge in [0, 0.05) is 11.9 Å². The second-order valence-corrected chi connectivity index (χ2v) is 3.99. The average molecular weight is 223 g/mol. The number of primary amides is 1. The van der Waals surface area contributed by atoms with Crippen LogP contribution in [0.2, 0.25) is 0 Å². The molecule has 1 aromatic rings. The van der Waals surface area contributed by atoms with E-state index in [0.717, 1.165) is 12.1 Å². The molecule has 1 amide bonds. The van der Waals surface area contributed by atoms with Crippen LogP contribution in [0.3, 0.4) is 0 Å². The van der Waals surface area contributed by atoms with Crippen LogP contribution in [0.1, 0.15) is 30.8 Å². The molecule has 1 heterocycles. The molecule has 0 radical (unpaired) electrons. The van der Waals surface area contributed by atoms with Gasteiger partial charge in [0.15, 0.2) is 0 Å². The lowest BCUT2D eigenvalue weighted by atomic mass is 10.00. The van der Waals surface area contributed by atoms with Gasteiger partial charge in [0.2, 0.25) is 0 Å². The number of rotatable bonds is 5. The van der Waals surface area contributed by atoms with Gasteiger partial charge in [-0.3, -0.25) is 9.78 Å². The molecular formula is C11H17N3O2. The molecule has 0 bridgehead atoms. The van der Waals surface area contributed by atoms with Crippen molar-refractivity contribution < 1.29 is 9.90 Å². The molecule has 4 N–H and O–H groups in total. The van der Waals surface area contributed by atoms with Crippen LogP contribution in [0.25, 0.3) is 0 Å². The molecule has 0 aliphatic rings. The zero-order chi connectivity index (χ0) is 12.2. The molecular weight excluding hydrogens is 206 g/mol. The van der Waals surface area contributed by atoms with E-state index in [4.69, 9.17) is 5.73 Å². The van der Waals surface area contributed by atoms with E-state index in [1.54, 1.807) is 12.1 Å². The second kappa shape index (κ2) is 4.94. The number of nitrogens with two attached hydrogens (primary N) is 1. The fraction of sp³-hybridized carbons (Fsp3) is 0.455. The molecule has 5 nitrogen and oxygen atoms in total. The van der Waals surface area contributed by atoms with Gasteiger partial charge in [-0.1, -0.05) is 6.92 Å². The number of nitrogens with zero attached hydrogens (tertiary/aromatic N) is 1. The molecule has 1 aromatic heterocycles. The summed E-state index contributed by atoms with van der Waals surface area (Å²) in [7, 11) is 0. The van der Waals surface area contributed by atoms with Crippen LogP contribution in [0.15, 0.2) is 18.3 Å². The fourth-order valence-electron chi connectivity index (χ4n) is 1.23. The van der Waals surface area contributed by atoms with E-state index in [1.807, 2.05) is 13.8 Å². The Bertz CT molecular complexity index is 375. The maximum Gasteiger partial charge on any atom is 0.267 e. The summed E-state index contributed by atoms with van der Waals surface area (Å²) in [5, 5.41) is 12.4. The third kappa shape index (κ3) is 2.93. The van der Waals surface area contributed by atoms with E-state index in [0.29, 0.717) is 0 Å². The lowest BCUT2D eigenvalue weighted by Crippen LogP contribution is -2.38. The molecule has 0 aliphatic heterocycles. The Hall–Kier alpha value is -1.62. The third-order valence-electron chi connectivity index (χ3n) is 2.59. The van der Waals surface area contributed by atoms with Gasteiger partial charge in [0.05, 0.1) is 12.1 Å². The van der Waals surface area contributed by atoms with Gasteiger partial charge >= 0.3 is 0 Å². The zero-order valence-corrected chi connectivity index (χ0v) is 9.53. The van der Waals surface area contributed by atoms with Crippen LogP contribution in [-0.2, 0) is 0 Å². The summed E-state index contributed by atoms with van der Waals surface area (Å²) in [6.45, 7) is 3.88. The topological polar surface area (TPSA) is 88.2 Å². The minimum absolute atomic E-state index is 0.0116. The van der Waals surface area contributed by atoms with Crippen molar-refractivity contribution in [3.05, 3.63) is 24.0 Å². The molecule has 1 rings (SSSR count). The molecule has 1 unspecified atom stereocenters. The molecule has 0 saturated carbocycles. The third-order valence-corrected chi connectivity index (χ3v) is 2.59. The summed E-state index contributed by atoms with van der Waals surface area (Å²) in [6.07, 6.45) is 2.27. The van der Waals surface area contributed by atoms with E-state index < -0.39 is 11.4 Å². The van der Waals surface area contributed by atoms with E-state index in [9.17, 15) is 9.90 Å². The summed E-state index contributed by atoms with van der Waals surface area (Å²) in [4.78, 5) is 14.8. The number of aliphatic hydroxyl groups excluding tert-OH is 1. The number of aliphatic hydroxyl groups is 1. The average Bonchev–Trinajstić information content (AvgIpc) is 2.29. The van der Waals surface area contributed by atoms with E-state index in [-0.39, 0.29) is 12.3 Å². The van der Waals surface area contributed by atoms with Crippen molar-refractivity contribution in [3.8, 4) is 0 Å². The van der Waals surface area contributed by atoms with Crippen molar-refractivity contribution in [2.75, 3.05) is 11.9 Å². The van der Waals surface area contributed by atoms with Gasteiger partial charge in [0.25, 0.3) is 5.91 Å². The van der Waals surface area contributed by atoms with Gasteiger partial charge in [-0.15, -0.1) is 0 Å². The second-order valence-electron chi connectivity index (χ2n) is 3.99. The van der Waals surface area contributed by atoms with Crippen LogP contribution in [-0.4, -0.2) is 28.1 Å². The molecule has 0 fully saturated rings. The highest BCUT2D eigenvalue weighted by Crippen LogP contribution is 2.18. The van der Waals surface area contributed by atoms with Gasteiger partial charge < -0.3 is 16.2 Å². The van der Waals surface area contributed by atoms with Crippen LogP contribution < -0.4 is 11.1 Å². The highest BCUT2D eigenvalue weighted by Gasteiger charge is 2.20. The van der Waals surface area contributed by atoms with Crippen molar-refractivity contribution in [1.29, 1.82) is 0 Å². The molecule has 0 saturated heterocycles. The number of carbonyl (C=O) groups is 1. The number of hydrogen-bond acceptors (Lipinski definition) is 4. The van der Waals surface area contributed by atoms with E-state index in [2.05, 4.69) is 10.3 Å². The first-order valence-corrected chi connectivity index (χ1v) is 5.15. The van der Waals surface area contributed by atoms with Crippen LogP contribution >= 0.6 is 0 Å². The summed E-state index contributed by atoms with van der Waals surface area (Å²) in [5.74, 6) is -0.564. The van der Waals surface area contributed by atoms with Gasteiger partial charge in [-0.2, -0.15) is 0 Å². The largest absolute Gasteiger partial charge is 0.394 e. The Morgan fingerprint density at radius 2 is 2.38 bits per heavy atom. The molecule has 16 heavy (non-hydrogen) atoms. The number of hydrogen-bond donors (Lipinski definition) is 3. The fourth-order valence-corrected chi connectivity index (χ4v) is 1.23. The van der Waals surface area contributed by atoms with Gasteiger partial charge in [-0.25, -0.2) is 0 Å². The molecule has 0 spiro atoms. The zero-order valence-electron chi connectivity index (χ0n) is 9.53. The van der Waals surface area contributed by atoms with Crippen molar-refractivity contribution in [1.82, 2.24) is 4.98 Å². The molecule has 0 aromatic carbocycles. The number of pyridine rings is 1. The molecule has 5 heteroatoms. The van der Waals surface area contributed by atoms with Crippen molar-refractivity contribution >= 4 is 11.6 Å². The quantitative estimate of drug-likeness (QED) is 0.687. The predicted octanol–water partition coefficient (Wildman–Crippen LogP) is 0.753. The number of anilines is 1. The van der Waals surface area contributed by atoms with Gasteiger partial charge in [-0.05, 0) is 25.5 Å². The first-order valence-electron chi connectivity index (χ1n) is 5.15. The normalized spacial score (nSPS) is 14.2. The van der Waals surface area contributed by atoms with E-state index in [1.165, 1.54) is 6.20 Å². The monoisotopic (exact) mass is 223 g/mol. The number of aromatic nitrogens is 1. The maximum atomic E-state index is 10.9. The van der Waals surface area contributed by atoms with Gasteiger partial charge in [0.1, 0.15) is 5.69 Å². The first kappa shape index (κ1) is 12.4. The Morgan fingerprint density at radius 3 is 2.88 bits per heavy atom. The van der Waals surface area contributed by atoms with Crippen LogP contribution in [0, 0.1) is 0 Å². The highest BCUT2D eigenvalue weighted by molar-refractivity contribution is 5.91. The predicted molar refractivity (Wildman–Crippen MR) is 62.2 cm³/mol. The van der Waals surface area contributed by atoms with Crippen molar-refractivity contribution in [2.45, 2.75) is 25.8 Å². The Kier molecular flexibility index (Phi) is 3.84. The number of carbonyl (C=O) groups excluding carboxylic acids is 1. The summed E-state index contributed by atoms with van der Waals surface area (Å²) < 4.78 is 0. The van der Waals surface area contributed by atoms with Crippen molar-refractivity contribution in [2.24, 2.45) is 5.73 Å². The standard InChI is InChI=1S/C11H17N3O2/c1-3-11(2,7-15)14-8-4-5-13-9(6-8)10(12)16/h4-6,15H,3,7H2,1-2H3,(H2,12,16)(H,13,14). The summed E-state index contributed by atoms with van der Waals surface area (Å²) >= 11 is 0. The first-order chi connectivity index (χ1) is 7.50. The van der Waals surface area contributed by atoms with Crippen LogP contribution in [0.4, 0.5) is 5.69 Å². The minimum Gasteiger partial charge on any atom is -0.394 e. The van der Waals surface area contributed by atoms with Crippen molar-refractivity contribution in [3.63, 3.8) is 0 Å². The lowest BCUT2D eigenvalue weighted by molar-refractivity contribution is 0.0995. The SMILES string of the molecule is CCC(C)(CO)Nc1ccnc(C(N)=O)c1. The Morgan fingerprint density at radius 1 is 1.69 bits per heavy atom. The number of nitrogens with one attached hydrogen (secondary N) is 1. The highest BCUT2D eigenvalue weighted by atomic mass is 16.3. The van der Waals surface area contributed by atoms with Crippen LogP contribution in [0.5, 0.6) is 0 Å². The Balaban J connectivity index is 2.89. The Labute approximate surface area is 94.7 Å². The lowest BCUT2D eigenvalue weighted by Gasteiger charge is -2.28. The minimum atomic E-state index is -0.564.